The van der Waals surface area contributed by atoms with E-state index in [1.807, 2.05) is 51.1 Å². The Bertz CT molecular complexity index is 1430. The Hall–Kier alpha value is -3.45. The zero-order valence-electron chi connectivity index (χ0n) is 19.4. The average Bonchev–Trinajstić information content (AvgIpc) is 3.19. The van der Waals surface area contributed by atoms with Crippen LogP contribution in [-0.4, -0.2) is 26.0 Å². The minimum atomic E-state index is -4.17. The van der Waals surface area contributed by atoms with Gasteiger partial charge in [0.2, 0.25) is 5.91 Å². The van der Waals surface area contributed by atoms with E-state index in [-0.39, 0.29) is 6.54 Å². The molecule has 2 aliphatic rings. The SMILES string of the molecule is CCc1ccc(N2C(=O)CS(=O)(=O)[C@]23C(=O)N(Cc2cc(C)ccc2C)c2ccccc23)cc1. The van der Waals surface area contributed by atoms with Crippen molar-refractivity contribution in [2.45, 2.75) is 38.6 Å². The number of nitrogens with zero attached hydrogens (tertiary/aromatic N) is 2. The summed E-state index contributed by atoms with van der Waals surface area (Å²) in [6.07, 6.45) is 0.809. The molecule has 3 aromatic carbocycles. The van der Waals surface area contributed by atoms with Gasteiger partial charge in [0.05, 0.1) is 12.2 Å². The van der Waals surface area contributed by atoms with Crippen LogP contribution in [0.1, 0.15) is 34.7 Å². The number of benzene rings is 3. The van der Waals surface area contributed by atoms with Gasteiger partial charge in [0.15, 0.2) is 9.84 Å². The van der Waals surface area contributed by atoms with Gasteiger partial charge in [-0.15, -0.1) is 0 Å². The Morgan fingerprint density at radius 3 is 2.35 bits per heavy atom. The van der Waals surface area contributed by atoms with Gasteiger partial charge in [-0.3, -0.25) is 14.5 Å². The molecule has 0 saturated carbocycles. The highest BCUT2D eigenvalue weighted by Crippen LogP contribution is 2.52. The molecule has 0 unspecified atom stereocenters. The molecule has 3 aromatic rings. The van der Waals surface area contributed by atoms with Crippen molar-refractivity contribution in [2.75, 3.05) is 15.6 Å². The van der Waals surface area contributed by atoms with Gasteiger partial charge in [-0.2, -0.15) is 0 Å². The van der Waals surface area contributed by atoms with E-state index >= 15 is 0 Å². The summed E-state index contributed by atoms with van der Waals surface area (Å²) in [6, 6.07) is 20.1. The smallest absolute Gasteiger partial charge is 0.274 e. The van der Waals surface area contributed by atoms with Crippen LogP contribution >= 0.6 is 0 Å². The van der Waals surface area contributed by atoms with Gasteiger partial charge < -0.3 is 4.90 Å². The first-order valence-corrected chi connectivity index (χ1v) is 13.0. The molecule has 5 rings (SSSR count). The van der Waals surface area contributed by atoms with Crippen molar-refractivity contribution in [3.05, 3.63) is 94.5 Å². The van der Waals surface area contributed by atoms with E-state index in [0.29, 0.717) is 16.9 Å². The summed E-state index contributed by atoms with van der Waals surface area (Å²) in [4.78, 5) is 28.0. The Morgan fingerprint density at radius 2 is 1.65 bits per heavy atom. The fourth-order valence-electron chi connectivity index (χ4n) is 5.07. The summed E-state index contributed by atoms with van der Waals surface area (Å²) in [5, 5.41) is 0. The Morgan fingerprint density at radius 1 is 0.941 bits per heavy atom. The highest BCUT2D eigenvalue weighted by molar-refractivity contribution is 7.94. The third-order valence-electron chi connectivity index (χ3n) is 6.86. The number of fused-ring (bicyclic) bond motifs is 2. The van der Waals surface area contributed by atoms with Crippen LogP contribution in [0.2, 0.25) is 0 Å². The Labute approximate surface area is 199 Å². The summed E-state index contributed by atoms with van der Waals surface area (Å²) >= 11 is 0. The quantitative estimate of drug-likeness (QED) is 0.572. The van der Waals surface area contributed by atoms with E-state index in [2.05, 4.69) is 0 Å². The van der Waals surface area contributed by atoms with E-state index < -0.39 is 32.3 Å². The summed E-state index contributed by atoms with van der Waals surface area (Å²) in [5.74, 6) is -1.92. The molecule has 2 heterocycles. The molecular formula is C27H26N2O4S. The lowest BCUT2D eigenvalue weighted by Gasteiger charge is -2.32. The molecule has 6 nitrogen and oxygen atoms in total. The van der Waals surface area contributed by atoms with Crippen LogP contribution in [0.4, 0.5) is 11.4 Å². The molecule has 0 radical (unpaired) electrons. The number of carbonyl (C=O) groups excluding carboxylic acids is 2. The molecule has 2 aliphatic heterocycles. The molecule has 0 N–H and O–H groups in total. The second-order valence-electron chi connectivity index (χ2n) is 8.99. The van der Waals surface area contributed by atoms with Crippen LogP contribution in [-0.2, 0) is 37.3 Å². The number of hydrogen-bond acceptors (Lipinski definition) is 4. The first-order valence-electron chi connectivity index (χ1n) is 11.3. The van der Waals surface area contributed by atoms with Crippen molar-refractivity contribution in [3.63, 3.8) is 0 Å². The molecule has 174 valence electrons. The molecule has 1 fully saturated rings. The molecule has 0 bridgehead atoms. The standard InChI is InChI=1S/C27H26N2O4S/c1-4-20-11-13-22(14-12-20)29-25(30)17-34(32,33)27(29)23-7-5-6-8-24(23)28(26(27)31)16-21-15-18(2)9-10-19(21)3/h5-15H,4,16-17H2,1-3H3/t27-/m1/s1. The predicted octanol–water partition coefficient (Wildman–Crippen LogP) is 4.03. The average molecular weight is 475 g/mol. The van der Waals surface area contributed by atoms with Gasteiger partial charge in [0.25, 0.3) is 10.8 Å². The zero-order chi connectivity index (χ0) is 24.3. The van der Waals surface area contributed by atoms with E-state index in [0.717, 1.165) is 28.7 Å². The highest BCUT2D eigenvalue weighted by atomic mass is 32.2. The summed E-state index contributed by atoms with van der Waals surface area (Å²) in [6.45, 7) is 6.18. The number of para-hydroxylation sites is 1. The van der Waals surface area contributed by atoms with Crippen molar-refractivity contribution in [1.82, 2.24) is 0 Å². The van der Waals surface area contributed by atoms with Crippen LogP contribution in [0, 0.1) is 13.8 Å². The Balaban J connectivity index is 1.72. The molecule has 34 heavy (non-hydrogen) atoms. The van der Waals surface area contributed by atoms with Crippen molar-refractivity contribution in [1.29, 1.82) is 0 Å². The van der Waals surface area contributed by atoms with Crippen molar-refractivity contribution in [3.8, 4) is 0 Å². The third kappa shape index (κ3) is 3.03. The predicted molar refractivity (Wildman–Crippen MR) is 132 cm³/mol. The number of sulfone groups is 1. The lowest BCUT2D eigenvalue weighted by atomic mass is 10.0. The van der Waals surface area contributed by atoms with Gasteiger partial charge >= 0.3 is 0 Å². The lowest BCUT2D eigenvalue weighted by Crippen LogP contribution is -2.54. The fourth-order valence-corrected chi connectivity index (χ4v) is 7.10. The number of amides is 2. The van der Waals surface area contributed by atoms with Crippen molar-refractivity contribution >= 4 is 33.0 Å². The fraction of sp³-hybridized carbons (Fsp3) is 0.259. The second-order valence-corrected chi connectivity index (χ2v) is 11.1. The topological polar surface area (TPSA) is 74.8 Å². The Kier molecular flexibility index (Phi) is 5.13. The molecular weight excluding hydrogens is 448 g/mol. The molecule has 7 heteroatoms. The van der Waals surface area contributed by atoms with E-state index in [4.69, 9.17) is 0 Å². The van der Waals surface area contributed by atoms with Gasteiger partial charge in [-0.1, -0.05) is 61.0 Å². The van der Waals surface area contributed by atoms with E-state index in [1.54, 1.807) is 36.4 Å². The first kappa shape index (κ1) is 22.3. The maximum atomic E-state index is 14.2. The number of hydrogen-bond donors (Lipinski definition) is 0. The van der Waals surface area contributed by atoms with E-state index in [1.165, 1.54) is 9.80 Å². The van der Waals surface area contributed by atoms with Crippen LogP contribution in [0.3, 0.4) is 0 Å². The lowest BCUT2D eigenvalue weighted by molar-refractivity contribution is -0.123. The second kappa shape index (κ2) is 7.81. The van der Waals surface area contributed by atoms with Crippen LogP contribution in [0.15, 0.2) is 66.7 Å². The largest absolute Gasteiger partial charge is 0.304 e. The molecule has 1 saturated heterocycles. The molecule has 2 amide bonds. The normalized spacial score (nSPS) is 20.9. The van der Waals surface area contributed by atoms with Crippen LogP contribution < -0.4 is 9.80 Å². The maximum Gasteiger partial charge on any atom is 0.274 e. The minimum Gasteiger partial charge on any atom is -0.304 e. The number of aryl methyl sites for hydroxylation is 3. The molecule has 0 aromatic heterocycles. The van der Waals surface area contributed by atoms with Gasteiger partial charge in [-0.25, -0.2) is 8.42 Å². The highest BCUT2D eigenvalue weighted by Gasteiger charge is 2.69. The zero-order valence-corrected chi connectivity index (χ0v) is 20.2. The molecule has 1 atom stereocenters. The van der Waals surface area contributed by atoms with Gasteiger partial charge in [-0.05, 0) is 55.2 Å². The van der Waals surface area contributed by atoms with Gasteiger partial charge in [0, 0.05) is 11.3 Å². The van der Waals surface area contributed by atoms with Crippen LogP contribution in [0.25, 0.3) is 0 Å². The number of anilines is 2. The summed E-state index contributed by atoms with van der Waals surface area (Å²) < 4.78 is 27.4. The van der Waals surface area contributed by atoms with Crippen molar-refractivity contribution in [2.24, 2.45) is 0 Å². The number of carbonyl (C=O) groups is 2. The molecule has 0 aliphatic carbocycles. The molecule has 1 spiro atoms. The monoisotopic (exact) mass is 474 g/mol. The first-order chi connectivity index (χ1) is 16.2. The minimum absolute atomic E-state index is 0.220. The third-order valence-corrected chi connectivity index (χ3v) is 8.96. The van der Waals surface area contributed by atoms with Crippen molar-refractivity contribution < 1.29 is 18.0 Å². The summed E-state index contributed by atoms with van der Waals surface area (Å²) in [5.41, 5.74) is 5.30. The number of rotatable bonds is 4. The summed E-state index contributed by atoms with van der Waals surface area (Å²) in [7, 11) is -4.17. The van der Waals surface area contributed by atoms with E-state index in [9.17, 15) is 18.0 Å². The van der Waals surface area contributed by atoms with Gasteiger partial charge in [0.1, 0.15) is 5.75 Å². The van der Waals surface area contributed by atoms with Crippen LogP contribution in [0.5, 0.6) is 0 Å². The maximum absolute atomic E-state index is 14.2.